The number of hydrogen-bond acceptors (Lipinski definition) is 5. The number of rotatable bonds is 3. The van der Waals surface area contributed by atoms with Gasteiger partial charge in [-0.05, 0) is 12.5 Å². The maximum Gasteiger partial charge on any atom is 0.287 e. The Hall–Kier alpha value is -1.89. The molecule has 0 aromatic carbocycles. The number of carbonyl (C=O) groups excluding carboxylic acids is 1. The van der Waals surface area contributed by atoms with Crippen LogP contribution in [0.4, 0.5) is 11.5 Å². The van der Waals surface area contributed by atoms with E-state index in [1.165, 1.54) is 12.3 Å². The molecular weight excluding hydrogens is 284 g/mol. The molecule has 20 heavy (non-hydrogen) atoms. The number of nitro groups is 1. The molecule has 1 aromatic heterocycles. The number of aromatic nitrogens is 1. The highest BCUT2D eigenvalue weighted by Crippen LogP contribution is 2.17. The lowest BCUT2D eigenvalue weighted by Crippen LogP contribution is -2.36. The van der Waals surface area contributed by atoms with E-state index in [2.05, 4.69) is 4.98 Å². The van der Waals surface area contributed by atoms with Crippen molar-refractivity contribution in [3.63, 3.8) is 0 Å². The summed E-state index contributed by atoms with van der Waals surface area (Å²) in [5, 5.41) is 10.6. The van der Waals surface area contributed by atoms with Crippen LogP contribution in [-0.4, -0.2) is 52.8 Å². The Bertz CT molecular complexity index is 494. The molecule has 0 bridgehead atoms. The van der Waals surface area contributed by atoms with Gasteiger partial charge in [0.15, 0.2) is 0 Å². The number of nitrogens with zero attached hydrogens (tertiary/aromatic N) is 4. The number of halogens is 1. The zero-order chi connectivity index (χ0) is 14.5. The van der Waals surface area contributed by atoms with Gasteiger partial charge in [-0.3, -0.25) is 14.9 Å². The lowest BCUT2D eigenvalue weighted by Gasteiger charge is -2.22. The summed E-state index contributed by atoms with van der Waals surface area (Å²) < 4.78 is 0. The summed E-state index contributed by atoms with van der Waals surface area (Å²) in [5.41, 5.74) is -0.0254. The molecule has 0 N–H and O–H groups in total. The molecule has 0 unspecified atom stereocenters. The second-order valence-electron chi connectivity index (χ2n) is 4.49. The maximum atomic E-state index is 11.6. The summed E-state index contributed by atoms with van der Waals surface area (Å²) in [4.78, 5) is 29.5. The lowest BCUT2D eigenvalue weighted by molar-refractivity contribution is -0.385. The van der Waals surface area contributed by atoms with Gasteiger partial charge in [-0.25, -0.2) is 4.98 Å². The van der Waals surface area contributed by atoms with Crippen molar-refractivity contribution < 1.29 is 9.72 Å². The van der Waals surface area contributed by atoms with Gasteiger partial charge in [0.05, 0.1) is 4.92 Å². The molecule has 0 aliphatic carbocycles. The van der Waals surface area contributed by atoms with Gasteiger partial charge in [-0.2, -0.15) is 0 Å². The first-order valence-corrected chi connectivity index (χ1v) is 6.84. The van der Waals surface area contributed by atoms with Crippen LogP contribution in [0.25, 0.3) is 0 Å². The summed E-state index contributed by atoms with van der Waals surface area (Å²) in [6.45, 7) is 2.67. The van der Waals surface area contributed by atoms with E-state index in [-0.39, 0.29) is 17.5 Å². The average Bonchev–Trinajstić information content (AvgIpc) is 2.72. The normalized spacial score (nSPS) is 15.8. The van der Waals surface area contributed by atoms with E-state index in [0.29, 0.717) is 25.5 Å². The minimum Gasteiger partial charge on any atom is -0.355 e. The highest BCUT2D eigenvalue weighted by molar-refractivity contribution is 6.27. The van der Waals surface area contributed by atoms with Crippen LogP contribution in [0.15, 0.2) is 18.3 Å². The van der Waals surface area contributed by atoms with Gasteiger partial charge in [0, 0.05) is 32.2 Å². The first-order chi connectivity index (χ1) is 9.61. The number of alkyl halides is 1. The number of hydrogen-bond donors (Lipinski definition) is 0. The first-order valence-electron chi connectivity index (χ1n) is 6.31. The van der Waals surface area contributed by atoms with E-state index < -0.39 is 4.92 Å². The SMILES string of the molecule is O=C(CCl)N1CCCN(c2ccc([N+](=O)[O-])cn2)CC1. The standard InChI is InChI=1S/C12H15ClN4O3/c13-8-12(18)16-5-1-4-15(6-7-16)11-3-2-10(9-14-11)17(19)20/h2-3,9H,1,4-8H2. The van der Waals surface area contributed by atoms with E-state index in [4.69, 9.17) is 11.6 Å². The number of anilines is 1. The topological polar surface area (TPSA) is 79.6 Å². The van der Waals surface area contributed by atoms with Crippen molar-refractivity contribution in [3.8, 4) is 0 Å². The molecule has 1 aromatic rings. The van der Waals surface area contributed by atoms with E-state index in [9.17, 15) is 14.9 Å². The highest BCUT2D eigenvalue weighted by Gasteiger charge is 2.19. The van der Waals surface area contributed by atoms with Crippen molar-refractivity contribution in [2.45, 2.75) is 6.42 Å². The van der Waals surface area contributed by atoms with Crippen molar-refractivity contribution in [2.24, 2.45) is 0 Å². The average molecular weight is 299 g/mol. The summed E-state index contributed by atoms with van der Waals surface area (Å²) in [7, 11) is 0. The predicted molar refractivity (Wildman–Crippen MR) is 75.0 cm³/mol. The van der Waals surface area contributed by atoms with Crippen LogP contribution in [0.3, 0.4) is 0 Å². The fourth-order valence-electron chi connectivity index (χ4n) is 2.15. The number of amides is 1. The third-order valence-electron chi connectivity index (χ3n) is 3.23. The van der Waals surface area contributed by atoms with Crippen LogP contribution in [-0.2, 0) is 4.79 Å². The third-order valence-corrected chi connectivity index (χ3v) is 3.46. The zero-order valence-corrected chi connectivity index (χ0v) is 11.6. The molecule has 8 heteroatoms. The summed E-state index contributed by atoms with van der Waals surface area (Å²) in [6, 6.07) is 3.08. The minimum atomic E-state index is -0.472. The Labute approximate surface area is 121 Å². The first kappa shape index (κ1) is 14.5. The van der Waals surface area contributed by atoms with Gasteiger partial charge in [0.25, 0.3) is 5.69 Å². The van der Waals surface area contributed by atoms with E-state index >= 15 is 0 Å². The molecule has 0 radical (unpaired) electrons. The minimum absolute atomic E-state index is 0.00418. The molecule has 1 aliphatic rings. The summed E-state index contributed by atoms with van der Waals surface area (Å²) in [5.74, 6) is 0.622. The van der Waals surface area contributed by atoms with Gasteiger partial charge in [0.2, 0.25) is 5.91 Å². The third kappa shape index (κ3) is 3.36. The van der Waals surface area contributed by atoms with Crippen LogP contribution in [0.2, 0.25) is 0 Å². The van der Waals surface area contributed by atoms with Crippen LogP contribution < -0.4 is 4.90 Å². The van der Waals surface area contributed by atoms with Crippen molar-refractivity contribution >= 4 is 29.0 Å². The molecule has 1 saturated heterocycles. The molecule has 2 rings (SSSR count). The van der Waals surface area contributed by atoms with Gasteiger partial charge in [0.1, 0.15) is 17.9 Å². The van der Waals surface area contributed by atoms with Crippen LogP contribution in [0.5, 0.6) is 0 Å². The molecule has 1 fully saturated rings. The van der Waals surface area contributed by atoms with E-state index in [0.717, 1.165) is 13.0 Å². The zero-order valence-electron chi connectivity index (χ0n) is 10.9. The molecule has 1 aliphatic heterocycles. The molecule has 0 spiro atoms. The molecule has 108 valence electrons. The smallest absolute Gasteiger partial charge is 0.287 e. The molecular formula is C12H15ClN4O3. The fraction of sp³-hybridized carbons (Fsp3) is 0.500. The Morgan fingerprint density at radius 1 is 1.35 bits per heavy atom. The van der Waals surface area contributed by atoms with Crippen molar-refractivity contribution in [2.75, 3.05) is 37.0 Å². The Kier molecular flexibility index (Phi) is 4.73. The molecule has 7 nitrogen and oxygen atoms in total. The van der Waals surface area contributed by atoms with Crippen LogP contribution in [0.1, 0.15) is 6.42 Å². The predicted octanol–water partition coefficient (Wildman–Crippen LogP) is 1.27. The van der Waals surface area contributed by atoms with Crippen molar-refractivity contribution in [1.82, 2.24) is 9.88 Å². The van der Waals surface area contributed by atoms with E-state index in [1.54, 1.807) is 11.0 Å². The van der Waals surface area contributed by atoms with E-state index in [1.807, 2.05) is 4.90 Å². The van der Waals surface area contributed by atoms with Gasteiger partial charge in [-0.1, -0.05) is 0 Å². The van der Waals surface area contributed by atoms with Crippen molar-refractivity contribution in [3.05, 3.63) is 28.4 Å². The monoisotopic (exact) mass is 298 g/mol. The Morgan fingerprint density at radius 3 is 2.75 bits per heavy atom. The molecule has 1 amide bonds. The second-order valence-corrected chi connectivity index (χ2v) is 4.75. The summed E-state index contributed by atoms with van der Waals surface area (Å²) >= 11 is 5.56. The second kappa shape index (κ2) is 6.51. The maximum absolute atomic E-state index is 11.6. The highest BCUT2D eigenvalue weighted by atomic mass is 35.5. The van der Waals surface area contributed by atoms with Gasteiger partial charge < -0.3 is 9.80 Å². The largest absolute Gasteiger partial charge is 0.355 e. The molecule has 2 heterocycles. The lowest BCUT2D eigenvalue weighted by atomic mass is 10.3. The molecule has 0 saturated carbocycles. The Morgan fingerprint density at radius 2 is 2.15 bits per heavy atom. The van der Waals surface area contributed by atoms with Crippen LogP contribution >= 0.6 is 11.6 Å². The van der Waals surface area contributed by atoms with Crippen LogP contribution in [0, 0.1) is 10.1 Å². The van der Waals surface area contributed by atoms with Gasteiger partial charge >= 0.3 is 0 Å². The fourth-order valence-corrected chi connectivity index (χ4v) is 2.32. The summed E-state index contributed by atoms with van der Waals surface area (Å²) in [6.07, 6.45) is 2.07. The number of carbonyl (C=O) groups is 1. The molecule has 0 atom stereocenters. The van der Waals surface area contributed by atoms with Gasteiger partial charge in [-0.15, -0.1) is 11.6 Å². The quantitative estimate of drug-likeness (QED) is 0.477. The Balaban J connectivity index is 2.03. The number of pyridine rings is 1. The van der Waals surface area contributed by atoms with Crippen molar-refractivity contribution in [1.29, 1.82) is 0 Å².